The van der Waals surface area contributed by atoms with E-state index in [-0.39, 0.29) is 0 Å². The van der Waals surface area contributed by atoms with Crippen LogP contribution >= 0.6 is 0 Å². The van der Waals surface area contributed by atoms with Crippen molar-refractivity contribution in [1.82, 2.24) is 19.5 Å². The second kappa shape index (κ2) is 12.3. The summed E-state index contributed by atoms with van der Waals surface area (Å²) < 4.78 is 2.30. The van der Waals surface area contributed by atoms with Crippen molar-refractivity contribution in [3.05, 3.63) is 170 Å². The van der Waals surface area contributed by atoms with Gasteiger partial charge < -0.3 is 0 Å². The minimum Gasteiger partial charge on any atom is -0.296 e. The Bertz CT molecular complexity index is 2280. The van der Waals surface area contributed by atoms with E-state index in [9.17, 15) is 0 Å². The van der Waals surface area contributed by atoms with E-state index < -0.39 is 0 Å². The third kappa shape index (κ3) is 5.51. The van der Waals surface area contributed by atoms with Gasteiger partial charge in [0.2, 0.25) is 0 Å². The van der Waals surface area contributed by atoms with Gasteiger partial charge in [-0.2, -0.15) is 0 Å². The molecule has 0 aliphatic heterocycles. The highest BCUT2D eigenvalue weighted by Crippen LogP contribution is 2.35. The SMILES string of the molecule is CCc1nc2ccccc2n1-c1ccccc1-c1cccc(-c2cccc(-c3nc(-c4ccccc4)cc(-c4ccccc4)n3)c2)c1. The maximum atomic E-state index is 5.06. The summed E-state index contributed by atoms with van der Waals surface area (Å²) in [5.74, 6) is 1.75. The molecular formula is C43H32N4. The number of hydrogen-bond donors (Lipinski definition) is 0. The number of benzene rings is 6. The molecule has 4 nitrogen and oxygen atoms in total. The molecule has 6 aromatic carbocycles. The predicted molar refractivity (Wildman–Crippen MR) is 193 cm³/mol. The third-order valence-corrected chi connectivity index (χ3v) is 8.58. The van der Waals surface area contributed by atoms with Crippen LogP contribution in [0.3, 0.4) is 0 Å². The van der Waals surface area contributed by atoms with Crippen molar-refractivity contribution in [1.29, 1.82) is 0 Å². The van der Waals surface area contributed by atoms with Gasteiger partial charge in [0, 0.05) is 28.7 Å². The third-order valence-electron chi connectivity index (χ3n) is 8.58. The molecule has 0 fully saturated rings. The minimum absolute atomic E-state index is 0.702. The Balaban J connectivity index is 1.22. The van der Waals surface area contributed by atoms with Crippen molar-refractivity contribution in [2.45, 2.75) is 13.3 Å². The Morgan fingerprint density at radius 1 is 0.447 bits per heavy atom. The molecule has 0 bridgehead atoms. The van der Waals surface area contributed by atoms with Gasteiger partial charge >= 0.3 is 0 Å². The highest BCUT2D eigenvalue weighted by atomic mass is 15.1. The second-order valence-corrected chi connectivity index (χ2v) is 11.6. The van der Waals surface area contributed by atoms with E-state index in [1.54, 1.807) is 0 Å². The quantitative estimate of drug-likeness (QED) is 0.182. The topological polar surface area (TPSA) is 43.6 Å². The average molecular weight is 605 g/mol. The number of nitrogens with zero attached hydrogens (tertiary/aromatic N) is 4. The maximum Gasteiger partial charge on any atom is 0.160 e. The van der Waals surface area contributed by atoms with E-state index in [4.69, 9.17) is 15.0 Å². The summed E-state index contributed by atoms with van der Waals surface area (Å²) in [5, 5.41) is 0. The van der Waals surface area contributed by atoms with E-state index in [0.717, 1.165) is 79.3 Å². The molecule has 2 aromatic heterocycles. The highest BCUT2D eigenvalue weighted by molar-refractivity contribution is 5.84. The van der Waals surface area contributed by atoms with Crippen LogP contribution in [0.25, 0.3) is 72.9 Å². The first-order valence-electron chi connectivity index (χ1n) is 16.0. The fraction of sp³-hybridized carbons (Fsp3) is 0.0465. The van der Waals surface area contributed by atoms with Crippen LogP contribution in [0.5, 0.6) is 0 Å². The molecule has 0 atom stereocenters. The van der Waals surface area contributed by atoms with Crippen LogP contribution in [0.15, 0.2) is 164 Å². The lowest BCUT2D eigenvalue weighted by Gasteiger charge is -2.15. The van der Waals surface area contributed by atoms with Gasteiger partial charge in [-0.25, -0.2) is 15.0 Å². The highest BCUT2D eigenvalue weighted by Gasteiger charge is 2.16. The molecule has 0 amide bonds. The first-order chi connectivity index (χ1) is 23.2. The van der Waals surface area contributed by atoms with E-state index in [1.165, 1.54) is 0 Å². The molecule has 0 aliphatic carbocycles. The summed E-state index contributed by atoms with van der Waals surface area (Å²) in [7, 11) is 0. The number of imidazole rings is 1. The Morgan fingerprint density at radius 3 is 1.66 bits per heavy atom. The summed E-state index contributed by atoms with van der Waals surface area (Å²) >= 11 is 0. The van der Waals surface area contributed by atoms with Crippen molar-refractivity contribution >= 4 is 11.0 Å². The van der Waals surface area contributed by atoms with Crippen LogP contribution in [-0.2, 0) is 6.42 Å². The summed E-state index contributed by atoms with van der Waals surface area (Å²) in [4.78, 5) is 15.1. The molecule has 47 heavy (non-hydrogen) atoms. The van der Waals surface area contributed by atoms with Crippen LogP contribution < -0.4 is 0 Å². The van der Waals surface area contributed by atoms with Gasteiger partial charge in [0.1, 0.15) is 5.82 Å². The Kier molecular flexibility index (Phi) is 7.44. The van der Waals surface area contributed by atoms with Gasteiger partial charge in [0.15, 0.2) is 5.82 Å². The molecule has 0 radical (unpaired) electrons. The van der Waals surface area contributed by atoms with E-state index in [0.29, 0.717) is 5.82 Å². The second-order valence-electron chi connectivity index (χ2n) is 11.6. The normalized spacial score (nSPS) is 11.2. The van der Waals surface area contributed by atoms with Crippen LogP contribution in [0, 0.1) is 0 Å². The molecular weight excluding hydrogens is 573 g/mol. The van der Waals surface area contributed by atoms with Gasteiger partial charge in [-0.05, 0) is 53.1 Å². The van der Waals surface area contributed by atoms with Gasteiger partial charge in [0.25, 0.3) is 0 Å². The largest absolute Gasteiger partial charge is 0.296 e. The number of fused-ring (bicyclic) bond motifs is 1. The summed E-state index contributed by atoms with van der Waals surface area (Å²) in [6, 6.07) is 57.0. The Morgan fingerprint density at radius 2 is 0.979 bits per heavy atom. The van der Waals surface area contributed by atoms with E-state index in [2.05, 4.69) is 133 Å². The van der Waals surface area contributed by atoms with Gasteiger partial charge in [-0.1, -0.05) is 134 Å². The van der Waals surface area contributed by atoms with Crippen LogP contribution in [0.4, 0.5) is 0 Å². The van der Waals surface area contributed by atoms with Crippen molar-refractivity contribution in [3.63, 3.8) is 0 Å². The van der Waals surface area contributed by atoms with Crippen LogP contribution in [0.1, 0.15) is 12.7 Å². The predicted octanol–water partition coefficient (Wildman–Crippen LogP) is 10.7. The van der Waals surface area contributed by atoms with Crippen molar-refractivity contribution in [2.75, 3.05) is 0 Å². The molecule has 8 rings (SSSR count). The fourth-order valence-electron chi connectivity index (χ4n) is 6.29. The smallest absolute Gasteiger partial charge is 0.160 e. The number of aromatic nitrogens is 4. The monoisotopic (exact) mass is 604 g/mol. The van der Waals surface area contributed by atoms with Crippen molar-refractivity contribution in [3.8, 4) is 61.8 Å². The Hall–Kier alpha value is -6.13. The van der Waals surface area contributed by atoms with Crippen molar-refractivity contribution in [2.24, 2.45) is 0 Å². The van der Waals surface area contributed by atoms with Crippen LogP contribution in [-0.4, -0.2) is 19.5 Å². The summed E-state index contributed by atoms with van der Waals surface area (Å²) in [5.41, 5.74) is 12.7. The minimum atomic E-state index is 0.702. The van der Waals surface area contributed by atoms with Gasteiger partial charge in [-0.15, -0.1) is 0 Å². The standard InChI is InChI=1S/C43H32N4/c1-2-42-44-37-24-10-12-26-41(37)47(42)40-25-11-9-23-36(40)34-21-13-19-32(27-34)33-20-14-22-35(28-33)43-45-38(30-15-5-3-6-16-30)29-39(46-43)31-17-7-4-8-18-31/h3-29H,2H2,1H3. The lowest BCUT2D eigenvalue weighted by Crippen LogP contribution is -2.02. The lowest BCUT2D eigenvalue weighted by molar-refractivity contribution is 0.909. The molecule has 0 saturated carbocycles. The van der Waals surface area contributed by atoms with E-state index in [1.807, 2.05) is 42.5 Å². The zero-order valence-electron chi connectivity index (χ0n) is 26.1. The molecule has 0 unspecified atom stereocenters. The summed E-state index contributed by atoms with van der Waals surface area (Å²) in [6.45, 7) is 2.16. The number of rotatable bonds is 7. The molecule has 2 heterocycles. The maximum absolute atomic E-state index is 5.06. The molecule has 0 N–H and O–H groups in total. The van der Waals surface area contributed by atoms with Crippen molar-refractivity contribution < 1.29 is 0 Å². The zero-order chi connectivity index (χ0) is 31.6. The average Bonchev–Trinajstić information content (AvgIpc) is 3.54. The molecule has 224 valence electrons. The van der Waals surface area contributed by atoms with Crippen LogP contribution in [0.2, 0.25) is 0 Å². The first kappa shape index (κ1) is 28.4. The number of para-hydroxylation sites is 3. The Labute approximate surface area is 274 Å². The molecule has 0 saturated heterocycles. The fourth-order valence-corrected chi connectivity index (χ4v) is 6.29. The van der Waals surface area contributed by atoms with E-state index >= 15 is 0 Å². The number of aryl methyl sites for hydroxylation is 1. The molecule has 0 spiro atoms. The molecule has 4 heteroatoms. The summed E-state index contributed by atoms with van der Waals surface area (Å²) in [6.07, 6.45) is 0.843. The molecule has 0 aliphatic rings. The van der Waals surface area contributed by atoms with Gasteiger partial charge in [0.05, 0.1) is 28.1 Å². The lowest BCUT2D eigenvalue weighted by atomic mass is 9.96. The zero-order valence-corrected chi connectivity index (χ0v) is 26.1. The molecule has 8 aromatic rings. The number of hydrogen-bond acceptors (Lipinski definition) is 3. The first-order valence-corrected chi connectivity index (χ1v) is 16.0. The van der Waals surface area contributed by atoms with Gasteiger partial charge in [-0.3, -0.25) is 4.57 Å².